The van der Waals surface area contributed by atoms with Gasteiger partial charge in [-0.15, -0.1) is 0 Å². The zero-order valence-corrected chi connectivity index (χ0v) is 14.5. The van der Waals surface area contributed by atoms with Crippen LogP contribution in [-0.2, 0) is 0 Å². The van der Waals surface area contributed by atoms with Crippen molar-refractivity contribution in [3.8, 4) is 11.3 Å². The molecule has 3 rings (SSSR count). The molecular weight excluding hydrogens is 471 g/mol. The second kappa shape index (κ2) is 5.71. The quantitative estimate of drug-likeness (QED) is 0.485. The summed E-state index contributed by atoms with van der Waals surface area (Å²) < 4.78 is 4.14. The summed E-state index contributed by atoms with van der Waals surface area (Å²) in [5, 5.41) is 0. The molecule has 0 aliphatic heterocycles. The van der Waals surface area contributed by atoms with Crippen LogP contribution in [0.1, 0.15) is 0 Å². The van der Waals surface area contributed by atoms with Crippen LogP contribution in [0, 0.1) is 0 Å². The zero-order valence-electron chi connectivity index (χ0n) is 9.15. The molecule has 1 aromatic carbocycles. The zero-order chi connectivity index (χ0) is 11.8. The molecule has 0 saturated carbocycles. The third-order valence-electron chi connectivity index (χ3n) is 2.55. The fourth-order valence-corrected chi connectivity index (χ4v) is 2.34. The van der Waals surface area contributed by atoms with E-state index < -0.39 is 0 Å². The van der Waals surface area contributed by atoms with Crippen LogP contribution < -0.4 is 24.0 Å². The highest BCUT2D eigenvalue weighted by atomic mass is 127. The average molecular weight is 479 g/mol. The summed E-state index contributed by atoms with van der Waals surface area (Å²) in [6, 6.07) is 12.1. The van der Waals surface area contributed by atoms with Crippen LogP contribution >= 0.6 is 31.9 Å². The fourth-order valence-electron chi connectivity index (χ4n) is 1.72. The number of hydrogen-bond donors (Lipinski definition) is 0. The summed E-state index contributed by atoms with van der Waals surface area (Å²) in [7, 11) is 0. The van der Waals surface area contributed by atoms with E-state index in [0.29, 0.717) is 0 Å². The monoisotopic (exact) mass is 477 g/mol. The molecule has 0 radical (unpaired) electrons. The summed E-state index contributed by atoms with van der Waals surface area (Å²) >= 11 is 6.88. The molecule has 92 valence electrons. The first-order valence-corrected chi connectivity index (χ1v) is 6.71. The molecule has 0 spiro atoms. The van der Waals surface area contributed by atoms with E-state index in [1.807, 2.05) is 41.1 Å². The SMILES string of the molecule is Brc1ccc(-c2cn3cc(Br)ccc3n2)cc1.[I-]. The van der Waals surface area contributed by atoms with Crippen LogP contribution in [0.5, 0.6) is 0 Å². The van der Waals surface area contributed by atoms with Crippen molar-refractivity contribution in [1.29, 1.82) is 0 Å². The summed E-state index contributed by atoms with van der Waals surface area (Å²) in [6.45, 7) is 0. The minimum absolute atomic E-state index is 0. The number of nitrogens with zero attached hydrogens (tertiary/aromatic N) is 2. The van der Waals surface area contributed by atoms with Gasteiger partial charge in [0, 0.05) is 26.9 Å². The van der Waals surface area contributed by atoms with Crippen LogP contribution in [0.25, 0.3) is 16.9 Å². The molecule has 0 amide bonds. The van der Waals surface area contributed by atoms with E-state index in [4.69, 9.17) is 0 Å². The molecular formula is C13H8Br2IN2-. The van der Waals surface area contributed by atoms with Crippen LogP contribution in [0.3, 0.4) is 0 Å². The van der Waals surface area contributed by atoms with E-state index in [2.05, 4.69) is 49.0 Å². The lowest BCUT2D eigenvalue weighted by Crippen LogP contribution is -3.00. The maximum Gasteiger partial charge on any atom is 0.137 e. The normalized spacial score (nSPS) is 10.3. The third-order valence-corrected chi connectivity index (χ3v) is 3.55. The molecule has 2 aromatic heterocycles. The molecule has 0 aliphatic rings. The molecule has 0 bridgehead atoms. The predicted octanol–water partition coefficient (Wildman–Crippen LogP) is 1.53. The Morgan fingerprint density at radius 2 is 1.50 bits per heavy atom. The van der Waals surface area contributed by atoms with Gasteiger partial charge in [-0.1, -0.05) is 28.1 Å². The lowest BCUT2D eigenvalue weighted by molar-refractivity contribution is -0.00000318. The Kier molecular flexibility index (Phi) is 4.45. The van der Waals surface area contributed by atoms with Crippen molar-refractivity contribution < 1.29 is 24.0 Å². The Bertz CT molecular complexity index is 677. The van der Waals surface area contributed by atoms with Crippen molar-refractivity contribution in [2.45, 2.75) is 0 Å². The Morgan fingerprint density at radius 3 is 2.22 bits per heavy atom. The van der Waals surface area contributed by atoms with Crippen molar-refractivity contribution in [2.24, 2.45) is 0 Å². The number of aromatic nitrogens is 2. The minimum Gasteiger partial charge on any atom is -1.00 e. The van der Waals surface area contributed by atoms with Gasteiger partial charge in [0.2, 0.25) is 0 Å². The van der Waals surface area contributed by atoms with Crippen LogP contribution in [0.15, 0.2) is 57.7 Å². The number of benzene rings is 1. The van der Waals surface area contributed by atoms with Gasteiger partial charge in [0.1, 0.15) is 5.65 Å². The number of pyridine rings is 1. The highest BCUT2D eigenvalue weighted by molar-refractivity contribution is 9.10. The van der Waals surface area contributed by atoms with E-state index in [0.717, 1.165) is 25.8 Å². The van der Waals surface area contributed by atoms with E-state index in [1.54, 1.807) is 0 Å². The second-order valence-corrected chi connectivity index (χ2v) is 5.58. The summed E-state index contributed by atoms with van der Waals surface area (Å²) in [6.07, 6.45) is 4.04. The molecule has 0 aliphatic carbocycles. The molecule has 0 unspecified atom stereocenters. The van der Waals surface area contributed by atoms with E-state index in [-0.39, 0.29) is 24.0 Å². The van der Waals surface area contributed by atoms with E-state index in [1.165, 1.54) is 0 Å². The van der Waals surface area contributed by atoms with Gasteiger partial charge in [0.15, 0.2) is 0 Å². The number of fused-ring (bicyclic) bond motifs is 1. The molecule has 0 fully saturated rings. The molecule has 0 saturated heterocycles. The third kappa shape index (κ3) is 2.78. The number of hydrogen-bond acceptors (Lipinski definition) is 1. The van der Waals surface area contributed by atoms with Gasteiger partial charge in [-0.2, -0.15) is 0 Å². The molecule has 2 nitrogen and oxygen atoms in total. The Labute approximate surface area is 139 Å². The Hall–Kier alpha value is -0.400. The smallest absolute Gasteiger partial charge is 0.137 e. The van der Waals surface area contributed by atoms with Gasteiger partial charge in [-0.05, 0) is 40.2 Å². The summed E-state index contributed by atoms with van der Waals surface area (Å²) in [5.74, 6) is 0. The van der Waals surface area contributed by atoms with Gasteiger partial charge < -0.3 is 28.4 Å². The van der Waals surface area contributed by atoms with E-state index in [9.17, 15) is 0 Å². The first-order valence-electron chi connectivity index (χ1n) is 5.12. The maximum atomic E-state index is 4.58. The Balaban J connectivity index is 0.00000120. The summed E-state index contributed by atoms with van der Waals surface area (Å²) in [5.41, 5.74) is 3.05. The fraction of sp³-hybridized carbons (Fsp3) is 0. The largest absolute Gasteiger partial charge is 1.00 e. The summed E-state index contributed by atoms with van der Waals surface area (Å²) in [4.78, 5) is 4.58. The molecule has 0 atom stereocenters. The lowest BCUT2D eigenvalue weighted by Gasteiger charge is -1.95. The van der Waals surface area contributed by atoms with E-state index >= 15 is 0 Å². The van der Waals surface area contributed by atoms with Crippen molar-refractivity contribution in [3.05, 3.63) is 57.7 Å². The Morgan fingerprint density at radius 1 is 0.833 bits per heavy atom. The molecule has 3 aromatic rings. The second-order valence-electron chi connectivity index (χ2n) is 3.75. The van der Waals surface area contributed by atoms with Crippen molar-refractivity contribution in [3.63, 3.8) is 0 Å². The van der Waals surface area contributed by atoms with Gasteiger partial charge in [-0.3, -0.25) is 0 Å². The minimum atomic E-state index is 0. The molecule has 5 heteroatoms. The van der Waals surface area contributed by atoms with Crippen LogP contribution in [-0.4, -0.2) is 9.38 Å². The highest BCUT2D eigenvalue weighted by Crippen LogP contribution is 2.22. The predicted molar refractivity (Wildman–Crippen MR) is 76.0 cm³/mol. The standard InChI is InChI=1S/C13H8Br2N2.HI/c14-10-3-1-9(2-4-10)12-8-17-7-11(15)5-6-13(17)16-12;/h1-8H;1H/p-1. The number of imidazole rings is 1. The van der Waals surface area contributed by atoms with Crippen LogP contribution in [0.4, 0.5) is 0 Å². The van der Waals surface area contributed by atoms with Crippen molar-refractivity contribution >= 4 is 37.5 Å². The number of halogens is 3. The van der Waals surface area contributed by atoms with Crippen LogP contribution in [0.2, 0.25) is 0 Å². The molecule has 0 N–H and O–H groups in total. The van der Waals surface area contributed by atoms with Crippen molar-refractivity contribution in [2.75, 3.05) is 0 Å². The highest BCUT2D eigenvalue weighted by Gasteiger charge is 2.04. The maximum absolute atomic E-state index is 4.58. The molecule has 2 heterocycles. The topological polar surface area (TPSA) is 17.3 Å². The lowest BCUT2D eigenvalue weighted by atomic mass is 10.2. The molecule has 18 heavy (non-hydrogen) atoms. The first kappa shape index (κ1) is 14.0. The first-order chi connectivity index (χ1) is 8.22. The number of rotatable bonds is 1. The van der Waals surface area contributed by atoms with Gasteiger partial charge in [0.05, 0.1) is 5.69 Å². The average Bonchev–Trinajstić information content (AvgIpc) is 2.72. The van der Waals surface area contributed by atoms with Gasteiger partial charge in [0.25, 0.3) is 0 Å². The van der Waals surface area contributed by atoms with Gasteiger partial charge >= 0.3 is 0 Å². The van der Waals surface area contributed by atoms with Crippen molar-refractivity contribution in [1.82, 2.24) is 9.38 Å². The van der Waals surface area contributed by atoms with Gasteiger partial charge in [-0.25, -0.2) is 4.98 Å².